The van der Waals surface area contributed by atoms with E-state index in [1.807, 2.05) is 0 Å². The Hall–Kier alpha value is -1.36. The number of carbonyl (C=O) groups excluding carboxylic acids is 2. The fourth-order valence-electron chi connectivity index (χ4n) is 1.63. The van der Waals surface area contributed by atoms with Crippen LogP contribution in [-0.4, -0.2) is 129 Å². The zero-order valence-corrected chi connectivity index (χ0v) is 15.8. The molecule has 0 aromatic heterocycles. The molecule has 15 heteroatoms. The summed E-state index contributed by atoms with van der Waals surface area (Å²) in [5, 5.41) is 73.5. The third kappa shape index (κ3) is 6.95. The van der Waals surface area contributed by atoms with Crippen molar-refractivity contribution in [1.29, 1.82) is 0 Å². The first-order chi connectivity index (χ1) is 11.1. The van der Waals surface area contributed by atoms with Gasteiger partial charge in [-0.25, -0.2) is 9.59 Å². The zero-order chi connectivity index (χ0) is 18.6. The summed E-state index contributed by atoms with van der Waals surface area (Å²) in [7, 11) is 0. The Kier molecular flexibility index (Phi) is 14.5. The van der Waals surface area contributed by atoms with Gasteiger partial charge < -0.3 is 61.3 Å². The van der Waals surface area contributed by atoms with Crippen LogP contribution in [0.1, 0.15) is 0 Å². The molecule has 0 amide bonds. The first-order valence-electron chi connectivity index (χ1n) is 6.35. The monoisotopic (exact) mass is 426 g/mol. The Morgan fingerprint density at radius 2 is 1.07 bits per heavy atom. The second kappa shape index (κ2) is 12.9. The standard InChI is InChI=1S/2C6H8O6.Ca.2H2O/c2*7-1-2(8)5-3(9)4(10)6(11)12-5;;;/h2*2,5,7-10H,1H2;;2*1H2/q;;+2;;/p-2/t2*2-,5+;;;/m00.../s1. The molecule has 2 aliphatic heterocycles. The second-order valence-electron chi connectivity index (χ2n) is 4.58. The molecule has 27 heavy (non-hydrogen) atoms. The molecule has 10 N–H and O–H groups in total. The molecule has 0 fully saturated rings. The molecule has 0 aromatic carbocycles. The molecule has 2 rings (SSSR count). The summed E-state index contributed by atoms with van der Waals surface area (Å²) in [4.78, 5) is 20.9. The van der Waals surface area contributed by atoms with Crippen LogP contribution in [-0.2, 0) is 19.1 Å². The molecule has 152 valence electrons. The second-order valence-corrected chi connectivity index (χ2v) is 4.58. The Morgan fingerprint density at radius 3 is 1.22 bits per heavy atom. The Balaban J connectivity index is -0.000000384. The Bertz CT molecular complexity index is 522. The smallest absolute Gasteiger partial charge is 0.865 e. The average Bonchev–Trinajstić information content (AvgIpc) is 2.98. The fourth-order valence-corrected chi connectivity index (χ4v) is 1.63. The van der Waals surface area contributed by atoms with Crippen molar-refractivity contribution in [1.82, 2.24) is 0 Å². The van der Waals surface area contributed by atoms with Gasteiger partial charge in [0.05, 0.1) is 13.2 Å². The van der Waals surface area contributed by atoms with E-state index in [9.17, 15) is 19.8 Å². The summed E-state index contributed by atoms with van der Waals surface area (Å²) >= 11 is 0. The topological polar surface area (TPSA) is 283 Å². The maximum Gasteiger partial charge on any atom is 2.00 e. The van der Waals surface area contributed by atoms with Crippen molar-refractivity contribution in [3.8, 4) is 0 Å². The molecule has 0 aromatic rings. The fraction of sp³-hybridized carbons (Fsp3) is 0.500. The summed E-state index contributed by atoms with van der Waals surface area (Å²) < 4.78 is 8.51. The summed E-state index contributed by atoms with van der Waals surface area (Å²) in [5.74, 6) is -6.50. The summed E-state index contributed by atoms with van der Waals surface area (Å²) in [6.07, 6.45) is -5.76. The zero-order valence-electron chi connectivity index (χ0n) is 13.6. The first-order valence-corrected chi connectivity index (χ1v) is 6.35. The van der Waals surface area contributed by atoms with E-state index in [1.165, 1.54) is 0 Å². The van der Waals surface area contributed by atoms with E-state index in [1.54, 1.807) is 0 Å². The van der Waals surface area contributed by atoms with Gasteiger partial charge in [-0.15, -0.1) is 0 Å². The number of aliphatic hydroxyl groups is 6. The maximum absolute atomic E-state index is 10.6. The normalized spacial score (nSPS) is 23.0. The molecule has 0 spiro atoms. The van der Waals surface area contributed by atoms with Gasteiger partial charge in [0.15, 0.2) is 12.2 Å². The minimum Gasteiger partial charge on any atom is -0.865 e. The Morgan fingerprint density at radius 1 is 0.815 bits per heavy atom. The van der Waals surface area contributed by atoms with E-state index in [2.05, 4.69) is 9.47 Å². The van der Waals surface area contributed by atoms with Gasteiger partial charge in [0, 0.05) is 11.5 Å². The first kappa shape index (κ1) is 30.4. The minimum absolute atomic E-state index is 0. The number of carbonyl (C=O) groups is 2. The molecule has 14 nitrogen and oxygen atoms in total. The van der Waals surface area contributed by atoms with Gasteiger partial charge in [-0.2, -0.15) is 0 Å². The molecule has 2 heterocycles. The molecule has 0 radical (unpaired) electrons. The molecule has 0 aliphatic carbocycles. The summed E-state index contributed by atoms with van der Waals surface area (Å²) in [6, 6.07) is 0. The number of rotatable bonds is 4. The molecule has 2 aliphatic rings. The molecule has 0 bridgehead atoms. The third-order valence-electron chi connectivity index (χ3n) is 2.92. The summed E-state index contributed by atoms with van der Waals surface area (Å²) in [5.41, 5.74) is 0. The molecule has 0 saturated carbocycles. The maximum atomic E-state index is 10.6. The quantitative estimate of drug-likeness (QED) is 0.180. The predicted molar refractivity (Wildman–Crippen MR) is 78.2 cm³/mol. The van der Waals surface area contributed by atoms with Crippen LogP contribution in [0.25, 0.3) is 0 Å². The number of hydrogen-bond acceptors (Lipinski definition) is 12. The van der Waals surface area contributed by atoms with Gasteiger partial charge in [-0.3, -0.25) is 0 Å². The number of aliphatic hydroxyl groups excluding tert-OH is 6. The van der Waals surface area contributed by atoms with Crippen molar-refractivity contribution in [2.45, 2.75) is 24.4 Å². The largest absolute Gasteiger partial charge is 2.00 e. The van der Waals surface area contributed by atoms with Gasteiger partial charge in [-0.1, -0.05) is 0 Å². The molecular weight excluding hydrogens is 408 g/mol. The third-order valence-corrected chi connectivity index (χ3v) is 2.92. The van der Waals surface area contributed by atoms with Crippen LogP contribution in [0.2, 0.25) is 0 Å². The van der Waals surface area contributed by atoms with Crippen LogP contribution in [0.5, 0.6) is 0 Å². The van der Waals surface area contributed by atoms with Gasteiger partial charge >= 0.3 is 49.7 Å². The van der Waals surface area contributed by atoms with Crippen LogP contribution in [0, 0.1) is 0 Å². The van der Waals surface area contributed by atoms with Crippen molar-refractivity contribution < 1.29 is 70.9 Å². The van der Waals surface area contributed by atoms with Crippen LogP contribution in [0.15, 0.2) is 23.0 Å². The van der Waals surface area contributed by atoms with Gasteiger partial charge in [0.1, 0.15) is 23.7 Å². The van der Waals surface area contributed by atoms with E-state index < -0.39 is 72.6 Å². The van der Waals surface area contributed by atoms with Crippen LogP contribution < -0.4 is 10.2 Å². The van der Waals surface area contributed by atoms with E-state index in [-0.39, 0.29) is 48.7 Å². The minimum atomic E-state index is -1.46. The van der Waals surface area contributed by atoms with E-state index in [0.29, 0.717) is 0 Å². The van der Waals surface area contributed by atoms with E-state index in [0.717, 1.165) is 0 Å². The van der Waals surface area contributed by atoms with Crippen LogP contribution in [0.4, 0.5) is 0 Å². The van der Waals surface area contributed by atoms with Crippen molar-refractivity contribution >= 4 is 49.7 Å². The van der Waals surface area contributed by atoms with E-state index in [4.69, 9.17) is 30.6 Å². The predicted octanol–water partition coefficient (Wildman–Crippen LogP) is -7.24. The van der Waals surface area contributed by atoms with Crippen molar-refractivity contribution in [2.24, 2.45) is 0 Å². The average molecular weight is 426 g/mol. The Labute approximate surface area is 180 Å². The van der Waals surface area contributed by atoms with Crippen LogP contribution >= 0.6 is 0 Å². The number of esters is 2. The van der Waals surface area contributed by atoms with Gasteiger partial charge in [0.2, 0.25) is 0 Å². The van der Waals surface area contributed by atoms with Crippen molar-refractivity contribution in [3.05, 3.63) is 23.0 Å². The summed E-state index contributed by atoms with van der Waals surface area (Å²) in [6.45, 7) is -1.40. The van der Waals surface area contributed by atoms with Gasteiger partial charge in [0.25, 0.3) is 0 Å². The SMILES string of the molecule is O.O.O=C1O[C@H]([C@@H](O)CO)C(O)=C1[O-].O=C1O[C@H]([C@@H](O)CO)C(O)=C1[O-].[Ca+2]. The van der Waals surface area contributed by atoms with E-state index >= 15 is 0 Å². The van der Waals surface area contributed by atoms with Crippen LogP contribution in [0.3, 0.4) is 0 Å². The van der Waals surface area contributed by atoms with Crippen molar-refractivity contribution in [3.63, 3.8) is 0 Å². The van der Waals surface area contributed by atoms with Gasteiger partial charge in [-0.05, 0) is 0 Å². The molecule has 4 atom stereocenters. The molecule has 0 saturated heterocycles. The number of ether oxygens (including phenoxy) is 2. The number of hydrogen-bond donors (Lipinski definition) is 6. The van der Waals surface area contributed by atoms with Crippen molar-refractivity contribution in [2.75, 3.05) is 13.2 Å². The molecule has 0 unspecified atom stereocenters. The molecular formula is C12H18CaO14. The number of cyclic esters (lactones) is 2.